The van der Waals surface area contributed by atoms with Gasteiger partial charge in [0.1, 0.15) is 5.78 Å². The van der Waals surface area contributed by atoms with Crippen LogP contribution in [0.1, 0.15) is 89.9 Å². The number of hydrogen-bond acceptors (Lipinski definition) is 9. The quantitative estimate of drug-likeness (QED) is 0.375. The van der Waals surface area contributed by atoms with Gasteiger partial charge in [0.05, 0.1) is 48.1 Å². The van der Waals surface area contributed by atoms with E-state index in [1.165, 1.54) is 0 Å². The molecule has 4 aliphatic carbocycles. The van der Waals surface area contributed by atoms with Crippen molar-refractivity contribution in [3.8, 4) is 0 Å². The zero-order valence-electron chi connectivity index (χ0n) is 21.8. The van der Waals surface area contributed by atoms with E-state index in [1.807, 2.05) is 0 Å². The molecule has 0 amide bonds. The number of ether oxygens (including phenoxy) is 4. The van der Waals surface area contributed by atoms with Crippen LogP contribution in [0.3, 0.4) is 0 Å². The predicted octanol–water partition coefficient (Wildman–Crippen LogP) is 3.44. The molecule has 2 aliphatic heterocycles. The van der Waals surface area contributed by atoms with Gasteiger partial charge in [0, 0.05) is 11.8 Å². The summed E-state index contributed by atoms with van der Waals surface area (Å²) < 4.78 is 22.3. The van der Waals surface area contributed by atoms with E-state index in [4.69, 9.17) is 18.9 Å². The number of esters is 4. The number of hydrogen-bond donors (Lipinski definition) is 0. The Hall–Kier alpha value is -2.13. The molecule has 6 unspecified atom stereocenters. The molecule has 0 N–H and O–H groups in total. The summed E-state index contributed by atoms with van der Waals surface area (Å²) in [5.41, 5.74) is 0. The number of Topliss-reactive ketones (excluding diaryl/α,β-unsaturated/α-hetero) is 1. The molecule has 9 heteroatoms. The lowest BCUT2D eigenvalue weighted by Gasteiger charge is -2.37. The van der Waals surface area contributed by atoms with E-state index >= 15 is 0 Å². The lowest BCUT2D eigenvalue weighted by Crippen LogP contribution is -2.38. The molecule has 0 bridgehead atoms. The first-order chi connectivity index (χ1) is 18.4. The maximum Gasteiger partial charge on any atom is 0.317 e. The summed E-state index contributed by atoms with van der Waals surface area (Å²) >= 11 is 0. The average Bonchev–Trinajstić information content (AvgIpc) is 3.37. The SMILES string of the molecule is O=C(C1CCC(OC2CCC3C(=O)OC(=O)C3C2)CC1)C1CCC(OC2CCC3C(=O)OC(=O)C3C2)CC1. The Balaban J connectivity index is 0.905. The van der Waals surface area contributed by atoms with Crippen molar-refractivity contribution in [3.63, 3.8) is 0 Å². The summed E-state index contributed by atoms with van der Waals surface area (Å²) in [4.78, 5) is 60.7. The van der Waals surface area contributed by atoms with Gasteiger partial charge in [-0.25, -0.2) is 0 Å². The first kappa shape index (κ1) is 26.1. The lowest BCUT2D eigenvalue weighted by molar-refractivity contribution is -0.155. The van der Waals surface area contributed by atoms with Gasteiger partial charge in [-0.05, 0) is 89.9 Å². The third kappa shape index (κ3) is 5.20. The van der Waals surface area contributed by atoms with E-state index in [2.05, 4.69) is 0 Å². The zero-order chi connectivity index (χ0) is 26.4. The van der Waals surface area contributed by atoms with Crippen LogP contribution in [-0.4, -0.2) is 54.1 Å². The minimum Gasteiger partial charge on any atom is -0.393 e. The maximum absolute atomic E-state index is 13.3. The fourth-order valence-electron chi connectivity index (χ4n) is 7.94. The number of carbonyl (C=O) groups excluding carboxylic acids is 5. The highest BCUT2D eigenvalue weighted by molar-refractivity contribution is 5.97. The van der Waals surface area contributed by atoms with Gasteiger partial charge in [-0.15, -0.1) is 0 Å². The summed E-state index contributed by atoms with van der Waals surface area (Å²) in [6.45, 7) is 0. The molecular formula is C29H38O9. The van der Waals surface area contributed by atoms with Gasteiger partial charge in [-0.3, -0.25) is 24.0 Å². The topological polar surface area (TPSA) is 122 Å². The summed E-state index contributed by atoms with van der Waals surface area (Å²) in [5.74, 6) is -2.25. The Kier molecular flexibility index (Phi) is 7.42. The van der Waals surface area contributed by atoms with Crippen molar-refractivity contribution < 1.29 is 42.9 Å². The molecule has 208 valence electrons. The monoisotopic (exact) mass is 530 g/mol. The van der Waals surface area contributed by atoms with Crippen LogP contribution < -0.4 is 0 Å². The second-order valence-electron chi connectivity index (χ2n) is 12.4. The summed E-state index contributed by atoms with van der Waals surface area (Å²) in [6.07, 6.45) is 11.0. The van der Waals surface area contributed by atoms with Gasteiger partial charge in [0.2, 0.25) is 0 Å². The van der Waals surface area contributed by atoms with Crippen LogP contribution in [0.5, 0.6) is 0 Å². The van der Waals surface area contributed by atoms with Crippen LogP contribution in [0.4, 0.5) is 0 Å². The molecule has 38 heavy (non-hydrogen) atoms. The fraction of sp³-hybridized carbons (Fsp3) is 0.828. The van der Waals surface area contributed by atoms with Gasteiger partial charge >= 0.3 is 23.9 Å². The van der Waals surface area contributed by atoms with Gasteiger partial charge in [0.15, 0.2) is 0 Å². The Morgan fingerprint density at radius 1 is 0.474 bits per heavy atom. The van der Waals surface area contributed by atoms with E-state index in [0.717, 1.165) is 64.2 Å². The standard InChI is InChI=1S/C29H38O9/c30-25(15-1-5-17(6-2-15)35-19-9-11-21-23(13-19)28(33)37-26(21)31)16-3-7-18(8-4-16)36-20-10-12-22-24(14-20)29(34)38-27(22)32/h15-24H,1-14H2. The highest BCUT2D eigenvalue weighted by atomic mass is 16.6. The van der Waals surface area contributed by atoms with Crippen LogP contribution in [0.25, 0.3) is 0 Å². The maximum atomic E-state index is 13.3. The van der Waals surface area contributed by atoms with Crippen LogP contribution in [0.15, 0.2) is 0 Å². The van der Waals surface area contributed by atoms with Crippen LogP contribution in [0.2, 0.25) is 0 Å². The van der Waals surface area contributed by atoms with E-state index in [0.29, 0.717) is 31.5 Å². The number of fused-ring (bicyclic) bond motifs is 2. The molecule has 0 spiro atoms. The van der Waals surface area contributed by atoms with Crippen molar-refractivity contribution in [2.24, 2.45) is 35.5 Å². The van der Waals surface area contributed by atoms with Gasteiger partial charge in [-0.2, -0.15) is 0 Å². The molecule has 0 aromatic heterocycles. The van der Waals surface area contributed by atoms with Crippen molar-refractivity contribution in [3.05, 3.63) is 0 Å². The molecule has 6 rings (SSSR count). The molecule has 2 saturated heterocycles. The Bertz CT molecular complexity index is 899. The smallest absolute Gasteiger partial charge is 0.317 e. The molecule has 0 aromatic carbocycles. The first-order valence-electron chi connectivity index (χ1n) is 14.7. The van der Waals surface area contributed by atoms with E-state index in [1.54, 1.807) is 0 Å². The minimum absolute atomic E-state index is 0.0166. The summed E-state index contributed by atoms with van der Waals surface area (Å²) in [7, 11) is 0. The predicted molar refractivity (Wildman–Crippen MR) is 130 cm³/mol. The lowest BCUT2D eigenvalue weighted by atomic mass is 9.75. The second kappa shape index (κ2) is 10.8. The van der Waals surface area contributed by atoms with Crippen molar-refractivity contribution >= 4 is 29.7 Å². The Labute approximate surface area is 222 Å². The van der Waals surface area contributed by atoms with Crippen molar-refractivity contribution in [2.75, 3.05) is 0 Å². The molecule has 0 aromatic rings. The molecule has 9 nitrogen and oxygen atoms in total. The Morgan fingerprint density at radius 3 is 1.21 bits per heavy atom. The highest BCUT2D eigenvalue weighted by Crippen LogP contribution is 2.42. The molecule has 4 saturated carbocycles. The minimum atomic E-state index is -0.398. The summed E-state index contributed by atoms with van der Waals surface area (Å²) in [5, 5.41) is 0. The van der Waals surface area contributed by atoms with Crippen LogP contribution in [0, 0.1) is 35.5 Å². The van der Waals surface area contributed by atoms with Crippen molar-refractivity contribution in [2.45, 2.75) is 114 Å². The molecule has 2 heterocycles. The molecule has 0 radical (unpaired) electrons. The van der Waals surface area contributed by atoms with E-state index in [9.17, 15) is 24.0 Å². The Morgan fingerprint density at radius 2 is 0.816 bits per heavy atom. The largest absolute Gasteiger partial charge is 0.393 e. The van der Waals surface area contributed by atoms with Crippen LogP contribution >= 0.6 is 0 Å². The van der Waals surface area contributed by atoms with Crippen molar-refractivity contribution in [1.82, 2.24) is 0 Å². The van der Waals surface area contributed by atoms with Crippen LogP contribution in [-0.2, 0) is 42.9 Å². The van der Waals surface area contributed by atoms with Gasteiger partial charge in [0.25, 0.3) is 0 Å². The number of rotatable bonds is 6. The second-order valence-corrected chi connectivity index (χ2v) is 12.4. The van der Waals surface area contributed by atoms with Gasteiger partial charge in [-0.1, -0.05) is 0 Å². The highest BCUT2D eigenvalue weighted by Gasteiger charge is 2.49. The normalized spacial score (nSPS) is 43.3. The molecule has 6 aliphatic rings. The molecular weight excluding hydrogens is 492 g/mol. The van der Waals surface area contributed by atoms with E-state index < -0.39 is 11.9 Å². The average molecular weight is 531 g/mol. The summed E-state index contributed by atoms with van der Waals surface area (Å²) in [6, 6.07) is 0. The fourth-order valence-corrected chi connectivity index (χ4v) is 7.94. The van der Waals surface area contributed by atoms with Gasteiger partial charge < -0.3 is 18.9 Å². The third-order valence-electron chi connectivity index (χ3n) is 10.1. The molecule has 6 atom stereocenters. The third-order valence-corrected chi connectivity index (χ3v) is 10.1. The number of carbonyl (C=O) groups is 5. The number of ketones is 1. The number of cyclic esters (lactones) is 4. The zero-order valence-corrected chi connectivity index (χ0v) is 21.8. The molecule has 6 fully saturated rings. The van der Waals surface area contributed by atoms with E-state index in [-0.39, 0.29) is 71.9 Å². The van der Waals surface area contributed by atoms with Crippen molar-refractivity contribution in [1.29, 1.82) is 0 Å². The first-order valence-corrected chi connectivity index (χ1v) is 14.7.